The Kier molecular flexibility index (Phi) is 6.40. The van der Waals surface area contributed by atoms with Gasteiger partial charge in [-0.05, 0) is 35.9 Å². The molecular formula is C16H16BrClN2O3S. The minimum atomic E-state index is -3.72. The van der Waals surface area contributed by atoms with Gasteiger partial charge in [-0.25, -0.2) is 8.42 Å². The van der Waals surface area contributed by atoms with Crippen molar-refractivity contribution in [3.8, 4) is 0 Å². The van der Waals surface area contributed by atoms with Gasteiger partial charge in [-0.1, -0.05) is 45.7 Å². The molecule has 2 aromatic carbocycles. The van der Waals surface area contributed by atoms with Crippen LogP contribution in [0.4, 0.5) is 0 Å². The molecule has 24 heavy (non-hydrogen) atoms. The molecule has 0 fully saturated rings. The van der Waals surface area contributed by atoms with E-state index < -0.39 is 15.9 Å². The fourth-order valence-electron chi connectivity index (χ4n) is 1.97. The van der Waals surface area contributed by atoms with Crippen LogP contribution in [0.25, 0.3) is 0 Å². The third-order valence-electron chi connectivity index (χ3n) is 3.32. The van der Waals surface area contributed by atoms with Crippen LogP contribution in [-0.4, -0.2) is 32.2 Å². The Morgan fingerprint density at radius 2 is 1.79 bits per heavy atom. The zero-order valence-electron chi connectivity index (χ0n) is 12.9. The van der Waals surface area contributed by atoms with Crippen molar-refractivity contribution in [3.05, 3.63) is 63.6 Å². The van der Waals surface area contributed by atoms with E-state index in [2.05, 4.69) is 21.2 Å². The third-order valence-corrected chi connectivity index (χ3v) is 6.04. The number of hydrogen-bond donors (Lipinski definition) is 1. The first-order chi connectivity index (χ1) is 11.3. The maximum atomic E-state index is 12.4. The van der Waals surface area contributed by atoms with Crippen LogP contribution in [0.15, 0.2) is 57.9 Å². The molecular weight excluding hydrogens is 416 g/mol. The highest BCUT2D eigenvalue weighted by atomic mass is 79.9. The number of hydrogen-bond acceptors (Lipinski definition) is 3. The second-order valence-corrected chi connectivity index (χ2v) is 8.45. The lowest BCUT2D eigenvalue weighted by molar-refractivity contribution is -0.121. The predicted molar refractivity (Wildman–Crippen MR) is 97.3 cm³/mol. The molecule has 0 saturated heterocycles. The van der Waals surface area contributed by atoms with Gasteiger partial charge in [0.15, 0.2) is 0 Å². The molecule has 2 rings (SSSR count). The predicted octanol–water partition coefficient (Wildman–Crippen LogP) is 3.04. The highest BCUT2D eigenvalue weighted by Gasteiger charge is 2.22. The molecule has 8 heteroatoms. The average Bonchev–Trinajstić information content (AvgIpc) is 2.54. The Morgan fingerprint density at radius 1 is 1.17 bits per heavy atom. The molecule has 0 bridgehead atoms. The van der Waals surface area contributed by atoms with Crippen molar-refractivity contribution < 1.29 is 13.2 Å². The number of carbonyl (C=O) groups is 1. The molecule has 0 saturated carbocycles. The molecule has 0 heterocycles. The van der Waals surface area contributed by atoms with Gasteiger partial charge in [-0.2, -0.15) is 4.31 Å². The summed E-state index contributed by atoms with van der Waals surface area (Å²) in [4.78, 5) is 12.1. The van der Waals surface area contributed by atoms with Crippen molar-refractivity contribution >= 4 is 43.5 Å². The summed E-state index contributed by atoms with van der Waals surface area (Å²) in [6.07, 6.45) is 0. The zero-order valence-corrected chi connectivity index (χ0v) is 16.0. The van der Waals surface area contributed by atoms with E-state index in [9.17, 15) is 13.2 Å². The van der Waals surface area contributed by atoms with E-state index in [0.717, 1.165) is 14.3 Å². The van der Waals surface area contributed by atoms with Gasteiger partial charge in [-0.15, -0.1) is 0 Å². The molecule has 0 radical (unpaired) electrons. The van der Waals surface area contributed by atoms with Crippen molar-refractivity contribution in [1.82, 2.24) is 9.62 Å². The smallest absolute Gasteiger partial charge is 0.243 e. The summed E-state index contributed by atoms with van der Waals surface area (Å²) in [5.74, 6) is -0.405. The maximum absolute atomic E-state index is 12.4. The van der Waals surface area contributed by atoms with Crippen molar-refractivity contribution in [3.63, 3.8) is 0 Å². The van der Waals surface area contributed by atoms with Gasteiger partial charge in [0, 0.05) is 23.1 Å². The molecule has 0 aliphatic rings. The largest absolute Gasteiger partial charge is 0.351 e. The SMILES string of the molecule is CN(CC(=O)NCc1ccccc1Cl)S(=O)(=O)c1ccc(Br)cc1. The van der Waals surface area contributed by atoms with Crippen LogP contribution in [0.5, 0.6) is 0 Å². The Labute approximate surface area is 154 Å². The fourth-order valence-corrected chi connectivity index (χ4v) is 3.56. The number of rotatable bonds is 6. The Balaban J connectivity index is 1.98. The summed E-state index contributed by atoms with van der Waals surface area (Å²) in [5, 5.41) is 3.22. The molecule has 0 aromatic heterocycles. The first-order valence-electron chi connectivity index (χ1n) is 7.02. The number of carbonyl (C=O) groups excluding carboxylic acids is 1. The number of sulfonamides is 1. The minimum Gasteiger partial charge on any atom is -0.351 e. The molecule has 1 N–H and O–H groups in total. The van der Waals surface area contributed by atoms with Crippen molar-refractivity contribution in [2.45, 2.75) is 11.4 Å². The number of amides is 1. The topological polar surface area (TPSA) is 66.5 Å². The monoisotopic (exact) mass is 430 g/mol. The van der Waals surface area contributed by atoms with Crippen LogP contribution in [0.1, 0.15) is 5.56 Å². The van der Waals surface area contributed by atoms with Gasteiger partial charge in [0.2, 0.25) is 15.9 Å². The van der Waals surface area contributed by atoms with Gasteiger partial charge >= 0.3 is 0 Å². The second-order valence-electron chi connectivity index (χ2n) is 5.08. The molecule has 1 amide bonds. The van der Waals surface area contributed by atoms with Crippen molar-refractivity contribution in [2.24, 2.45) is 0 Å². The summed E-state index contributed by atoms with van der Waals surface area (Å²) >= 11 is 9.27. The molecule has 0 aliphatic heterocycles. The third kappa shape index (κ3) is 4.80. The summed E-state index contributed by atoms with van der Waals surface area (Å²) in [6.45, 7) is -0.0342. The maximum Gasteiger partial charge on any atom is 0.243 e. The zero-order chi connectivity index (χ0) is 17.7. The van der Waals surface area contributed by atoms with E-state index in [4.69, 9.17) is 11.6 Å². The molecule has 0 unspecified atom stereocenters. The summed E-state index contributed by atoms with van der Waals surface area (Å²) < 4.78 is 26.6. The minimum absolute atomic E-state index is 0.132. The van der Waals surface area contributed by atoms with Gasteiger partial charge < -0.3 is 5.32 Å². The number of nitrogens with one attached hydrogen (secondary N) is 1. The quantitative estimate of drug-likeness (QED) is 0.764. The number of benzene rings is 2. The lowest BCUT2D eigenvalue weighted by atomic mass is 10.2. The highest BCUT2D eigenvalue weighted by Crippen LogP contribution is 2.18. The molecule has 5 nitrogen and oxygen atoms in total. The van der Waals surface area contributed by atoms with Gasteiger partial charge in [-0.3, -0.25) is 4.79 Å². The van der Waals surface area contributed by atoms with Crippen LogP contribution >= 0.6 is 27.5 Å². The van der Waals surface area contributed by atoms with Gasteiger partial charge in [0.1, 0.15) is 0 Å². The van der Waals surface area contributed by atoms with Crippen LogP contribution in [0, 0.1) is 0 Å². The van der Waals surface area contributed by atoms with E-state index in [1.54, 1.807) is 30.3 Å². The number of nitrogens with zero attached hydrogens (tertiary/aromatic N) is 1. The van der Waals surface area contributed by atoms with Crippen LogP contribution in [0.2, 0.25) is 5.02 Å². The highest BCUT2D eigenvalue weighted by molar-refractivity contribution is 9.10. The lowest BCUT2D eigenvalue weighted by Crippen LogP contribution is -2.38. The Hall–Kier alpha value is -1.41. The number of likely N-dealkylation sites (N-methyl/N-ethyl adjacent to an activating group) is 1. The summed E-state index contributed by atoms with van der Waals surface area (Å²) in [7, 11) is -2.35. The second kappa shape index (κ2) is 8.11. The summed E-state index contributed by atoms with van der Waals surface area (Å²) in [5.41, 5.74) is 0.769. The summed E-state index contributed by atoms with van der Waals surface area (Å²) in [6, 6.07) is 13.4. The van der Waals surface area contributed by atoms with Gasteiger partial charge in [0.25, 0.3) is 0 Å². The molecule has 2 aromatic rings. The van der Waals surface area contributed by atoms with E-state index in [1.165, 1.54) is 19.2 Å². The van der Waals surface area contributed by atoms with E-state index in [1.807, 2.05) is 6.07 Å². The lowest BCUT2D eigenvalue weighted by Gasteiger charge is -2.17. The van der Waals surface area contributed by atoms with Crippen LogP contribution in [-0.2, 0) is 21.4 Å². The van der Waals surface area contributed by atoms with E-state index >= 15 is 0 Å². The van der Waals surface area contributed by atoms with Crippen LogP contribution in [0.3, 0.4) is 0 Å². The van der Waals surface area contributed by atoms with Crippen molar-refractivity contribution in [1.29, 1.82) is 0 Å². The van der Waals surface area contributed by atoms with E-state index in [0.29, 0.717) is 5.02 Å². The standard InChI is InChI=1S/C16H16BrClN2O3S/c1-20(24(22,23)14-8-6-13(17)7-9-14)11-16(21)19-10-12-4-2-3-5-15(12)18/h2-9H,10-11H2,1H3,(H,19,21). The van der Waals surface area contributed by atoms with E-state index in [-0.39, 0.29) is 18.0 Å². The Bertz CT molecular complexity index is 825. The van der Waals surface area contributed by atoms with Crippen LogP contribution < -0.4 is 5.32 Å². The molecule has 0 spiro atoms. The number of halogens is 2. The normalized spacial score (nSPS) is 11.5. The molecule has 128 valence electrons. The molecule has 0 aliphatic carbocycles. The first kappa shape index (κ1) is 18.9. The van der Waals surface area contributed by atoms with Crippen molar-refractivity contribution in [2.75, 3.05) is 13.6 Å². The molecule has 0 atom stereocenters. The average molecular weight is 432 g/mol. The fraction of sp³-hybridized carbons (Fsp3) is 0.188. The Morgan fingerprint density at radius 3 is 2.42 bits per heavy atom. The first-order valence-corrected chi connectivity index (χ1v) is 9.64. The van der Waals surface area contributed by atoms with Gasteiger partial charge in [0.05, 0.1) is 11.4 Å².